The second-order valence-electron chi connectivity index (χ2n) is 2.33. The van der Waals surface area contributed by atoms with Crippen LogP contribution in [0.25, 0.3) is 0 Å². The van der Waals surface area contributed by atoms with Gasteiger partial charge in [-0.3, -0.25) is 4.21 Å². The van der Waals surface area contributed by atoms with Gasteiger partial charge in [-0.1, -0.05) is 0 Å². The summed E-state index contributed by atoms with van der Waals surface area (Å²) in [6, 6.07) is 6.39. The van der Waals surface area contributed by atoms with Crippen LogP contribution in [0.5, 0.6) is 0 Å². The molecule has 0 saturated carbocycles. The molecule has 0 aromatic heterocycles. The monoisotopic (exact) mass is 203 g/mol. The van der Waals surface area contributed by atoms with Crippen LogP contribution in [-0.4, -0.2) is 8.76 Å². The van der Waals surface area contributed by atoms with Gasteiger partial charge in [0, 0.05) is 4.90 Å². The average Bonchev–Trinajstić information content (AvgIpc) is 2.03. The van der Waals surface area contributed by atoms with Crippen LogP contribution >= 0.6 is 0 Å². The van der Waals surface area contributed by atoms with Gasteiger partial charge in [0.2, 0.25) is 0 Å². The predicted molar refractivity (Wildman–Crippen MR) is 43.1 cm³/mol. The third-order valence-corrected chi connectivity index (χ3v) is 2.30. The number of hydrogen-bond acceptors (Lipinski definition) is 3. The summed E-state index contributed by atoms with van der Waals surface area (Å²) in [4.78, 5) is 0.244. The summed E-state index contributed by atoms with van der Waals surface area (Å²) < 4.78 is 21.1. The molecule has 62 valence electrons. The van der Waals surface area contributed by atoms with Crippen molar-refractivity contribution in [2.45, 2.75) is 11.8 Å². The van der Waals surface area contributed by atoms with Crippen molar-refractivity contribution in [2.75, 3.05) is 0 Å². The Morgan fingerprint density at radius 2 is 2.15 bits per heavy atom. The number of nitrogens with zero attached hydrogens (tertiary/aromatic N) is 1. The summed E-state index contributed by atoms with van der Waals surface area (Å²) >= 11 is -2.21. The molecule has 0 amide bonds. The molecule has 0 saturated heterocycles. The molecule has 0 bridgehead atoms. The van der Waals surface area contributed by atoms with Crippen LogP contribution < -0.4 is 29.6 Å². The van der Waals surface area contributed by atoms with Gasteiger partial charge in [-0.25, -0.2) is 0 Å². The quantitative estimate of drug-likeness (QED) is 0.396. The summed E-state index contributed by atoms with van der Waals surface area (Å²) in [6.45, 7) is 1.66. The Kier molecular flexibility index (Phi) is 5.45. The van der Waals surface area contributed by atoms with Gasteiger partial charge in [0.05, 0.1) is 11.6 Å². The van der Waals surface area contributed by atoms with E-state index in [1.807, 2.05) is 6.07 Å². The maximum absolute atomic E-state index is 10.5. The topological polar surface area (TPSA) is 63.9 Å². The van der Waals surface area contributed by atoms with Gasteiger partial charge in [0.15, 0.2) is 0 Å². The molecular weight excluding hydrogens is 197 g/mol. The number of rotatable bonds is 1. The molecule has 0 fully saturated rings. The second kappa shape index (κ2) is 5.53. The molecule has 0 spiro atoms. The Morgan fingerprint density at radius 1 is 1.54 bits per heavy atom. The molecule has 0 aliphatic rings. The smallest absolute Gasteiger partial charge is 0.768 e. The molecule has 0 aliphatic carbocycles. The first kappa shape index (κ1) is 12.8. The Morgan fingerprint density at radius 3 is 2.54 bits per heavy atom. The maximum atomic E-state index is 10.5. The maximum Gasteiger partial charge on any atom is 1.00 e. The Hall–Kier alpha value is -0.180. The molecule has 0 radical (unpaired) electrons. The normalized spacial score (nSPS) is 11.2. The zero-order chi connectivity index (χ0) is 9.14. The Labute approximate surface area is 101 Å². The number of aryl methyl sites for hydroxylation is 1. The summed E-state index contributed by atoms with van der Waals surface area (Å²) in [5.41, 5.74) is 1.07. The molecule has 0 N–H and O–H groups in total. The van der Waals surface area contributed by atoms with E-state index in [-0.39, 0.29) is 34.5 Å². The average molecular weight is 203 g/mol. The van der Waals surface area contributed by atoms with Crippen LogP contribution in [0.2, 0.25) is 0 Å². The minimum absolute atomic E-state index is 0. The molecule has 1 aromatic rings. The van der Waals surface area contributed by atoms with Crippen molar-refractivity contribution < 1.29 is 38.3 Å². The van der Waals surface area contributed by atoms with Crippen molar-refractivity contribution in [3.05, 3.63) is 29.3 Å². The van der Waals surface area contributed by atoms with Crippen LogP contribution in [0.1, 0.15) is 11.1 Å². The first-order chi connectivity index (χ1) is 5.65. The zero-order valence-electron chi connectivity index (χ0n) is 7.40. The van der Waals surface area contributed by atoms with Gasteiger partial charge >= 0.3 is 29.6 Å². The van der Waals surface area contributed by atoms with E-state index in [2.05, 4.69) is 0 Å². The minimum Gasteiger partial charge on any atom is -0.768 e. The van der Waals surface area contributed by atoms with Crippen molar-refractivity contribution in [3.63, 3.8) is 0 Å². The van der Waals surface area contributed by atoms with Gasteiger partial charge in [-0.05, 0) is 41.8 Å². The molecule has 13 heavy (non-hydrogen) atoms. The van der Waals surface area contributed by atoms with E-state index < -0.39 is 11.1 Å². The van der Waals surface area contributed by atoms with E-state index in [9.17, 15) is 8.76 Å². The number of benzene rings is 1. The fourth-order valence-electron chi connectivity index (χ4n) is 0.906. The summed E-state index contributed by atoms with van der Waals surface area (Å²) in [5.74, 6) is 0. The van der Waals surface area contributed by atoms with Crippen molar-refractivity contribution in [2.24, 2.45) is 0 Å². The van der Waals surface area contributed by atoms with E-state index in [1.165, 1.54) is 12.1 Å². The molecule has 1 rings (SSSR count). The second-order valence-corrected chi connectivity index (χ2v) is 3.24. The van der Waals surface area contributed by atoms with Crippen LogP contribution in [0.4, 0.5) is 0 Å². The number of nitriles is 1. The van der Waals surface area contributed by atoms with Crippen molar-refractivity contribution in [1.82, 2.24) is 0 Å². The van der Waals surface area contributed by atoms with Gasteiger partial charge in [0.1, 0.15) is 0 Å². The number of hydrogen-bond donors (Lipinski definition) is 0. The van der Waals surface area contributed by atoms with Gasteiger partial charge in [0.25, 0.3) is 0 Å². The molecule has 0 aliphatic heterocycles. The van der Waals surface area contributed by atoms with Gasteiger partial charge in [-0.15, -0.1) is 0 Å². The van der Waals surface area contributed by atoms with Crippen LogP contribution in [-0.2, 0) is 11.1 Å². The predicted octanol–water partition coefficient (Wildman–Crippen LogP) is -1.89. The third kappa shape index (κ3) is 3.22. The largest absolute Gasteiger partial charge is 1.00 e. The SMILES string of the molecule is Cc1cc(C#N)ccc1S(=O)[O-].[Na+]. The van der Waals surface area contributed by atoms with E-state index in [1.54, 1.807) is 13.0 Å². The summed E-state index contributed by atoms with van der Waals surface area (Å²) in [6.07, 6.45) is 0. The van der Waals surface area contributed by atoms with Crippen molar-refractivity contribution in [1.29, 1.82) is 5.26 Å². The van der Waals surface area contributed by atoms with E-state index in [4.69, 9.17) is 5.26 Å². The van der Waals surface area contributed by atoms with Crippen LogP contribution in [0, 0.1) is 18.3 Å². The minimum atomic E-state index is -2.21. The fraction of sp³-hybridized carbons (Fsp3) is 0.125. The molecule has 1 aromatic carbocycles. The molecule has 1 atom stereocenters. The van der Waals surface area contributed by atoms with E-state index in [0.717, 1.165) is 0 Å². The van der Waals surface area contributed by atoms with Crippen LogP contribution in [0.15, 0.2) is 23.1 Å². The van der Waals surface area contributed by atoms with Crippen LogP contribution in [0.3, 0.4) is 0 Å². The molecule has 0 heterocycles. The first-order valence-corrected chi connectivity index (χ1v) is 4.32. The Balaban J connectivity index is 0.00000144. The van der Waals surface area contributed by atoms with Crippen molar-refractivity contribution >= 4 is 11.1 Å². The molecule has 5 heteroatoms. The summed E-state index contributed by atoms with van der Waals surface area (Å²) in [5, 5.41) is 8.49. The summed E-state index contributed by atoms with van der Waals surface area (Å²) in [7, 11) is 0. The van der Waals surface area contributed by atoms with E-state index >= 15 is 0 Å². The Bertz CT molecular complexity index is 373. The zero-order valence-corrected chi connectivity index (χ0v) is 10.2. The van der Waals surface area contributed by atoms with E-state index in [0.29, 0.717) is 11.1 Å². The fourth-order valence-corrected chi connectivity index (χ4v) is 1.41. The first-order valence-electron chi connectivity index (χ1n) is 3.25. The third-order valence-electron chi connectivity index (χ3n) is 1.48. The van der Waals surface area contributed by atoms with Gasteiger partial charge < -0.3 is 4.55 Å². The molecule has 1 unspecified atom stereocenters. The standard InChI is InChI=1S/C8H7NO2S.Na/c1-6-4-7(5-9)2-3-8(6)12(10)11;/h2-4H,1H3,(H,10,11);/q;+1/p-1. The molecular formula is C8H6NNaO2S. The van der Waals surface area contributed by atoms with Gasteiger partial charge in [-0.2, -0.15) is 5.26 Å². The molecule has 3 nitrogen and oxygen atoms in total. The van der Waals surface area contributed by atoms with Crippen molar-refractivity contribution in [3.8, 4) is 6.07 Å².